The number of nitrogens with zero attached hydrogens (tertiary/aromatic N) is 3. The van der Waals surface area contributed by atoms with Gasteiger partial charge in [-0.25, -0.2) is 19.6 Å². The highest BCUT2D eigenvalue weighted by Crippen LogP contribution is 2.36. The first-order valence-corrected chi connectivity index (χ1v) is 33.9. The van der Waals surface area contributed by atoms with Crippen LogP contribution in [0.4, 0.5) is 5.13 Å². The maximum absolute atomic E-state index is 13.8. The van der Waals surface area contributed by atoms with Crippen molar-refractivity contribution < 1.29 is 66.7 Å². The molecule has 0 amide bonds. The van der Waals surface area contributed by atoms with E-state index in [1.807, 2.05) is 48.5 Å². The number of carbonyl (C=O) groups is 6. The fourth-order valence-electron chi connectivity index (χ4n) is 11.2. The van der Waals surface area contributed by atoms with Crippen LogP contribution in [0.1, 0.15) is 185 Å². The summed E-state index contributed by atoms with van der Waals surface area (Å²) in [5, 5.41) is 6.95. The second-order valence-electron chi connectivity index (χ2n) is 23.7. The summed E-state index contributed by atoms with van der Waals surface area (Å²) in [5.41, 5.74) is 1.25. The number of anilines is 1. The summed E-state index contributed by atoms with van der Waals surface area (Å²) in [4.78, 5) is 81.0. The van der Waals surface area contributed by atoms with Crippen molar-refractivity contribution in [3.63, 3.8) is 0 Å². The Hall–Kier alpha value is -7.86. The number of thiazole rings is 1. The van der Waals surface area contributed by atoms with Gasteiger partial charge in [-0.15, -0.1) is 0 Å². The highest BCUT2D eigenvalue weighted by atomic mass is 32.1. The van der Waals surface area contributed by atoms with Crippen LogP contribution >= 0.6 is 11.3 Å². The van der Waals surface area contributed by atoms with E-state index in [0.717, 1.165) is 85.9 Å². The van der Waals surface area contributed by atoms with Crippen molar-refractivity contribution in [3.05, 3.63) is 122 Å². The van der Waals surface area contributed by atoms with E-state index < -0.39 is 23.8 Å². The molecule has 0 bridgehead atoms. The van der Waals surface area contributed by atoms with Crippen LogP contribution in [0.5, 0.6) is 34.5 Å². The minimum Gasteiger partial charge on any atom is -0.494 e. The van der Waals surface area contributed by atoms with Crippen molar-refractivity contribution in [1.82, 2.24) is 4.98 Å². The van der Waals surface area contributed by atoms with Crippen molar-refractivity contribution in [2.45, 2.75) is 180 Å². The Kier molecular flexibility index (Phi) is 31.1. The summed E-state index contributed by atoms with van der Waals surface area (Å²) < 4.78 is 46.5. The average molecular weight is 1270 g/mol. The third-order valence-corrected chi connectivity index (χ3v) is 17.8. The van der Waals surface area contributed by atoms with Crippen molar-refractivity contribution >= 4 is 68.7 Å². The van der Waals surface area contributed by atoms with Gasteiger partial charge in [-0.05, 0) is 156 Å². The Labute approximate surface area is 541 Å². The summed E-state index contributed by atoms with van der Waals surface area (Å²) >= 11 is 1.48. The first-order chi connectivity index (χ1) is 44.4. The number of unbranched alkanes of at least 4 members (excludes halogenated alkanes) is 18. The molecule has 1 heterocycles. The molecule has 0 atom stereocenters. The maximum atomic E-state index is 13.8. The molecule has 0 unspecified atom stereocenters. The Morgan fingerprint density at radius 1 is 0.462 bits per heavy atom. The van der Waals surface area contributed by atoms with Crippen LogP contribution < -0.4 is 33.4 Å². The topological polar surface area (TPSA) is 205 Å². The third kappa shape index (κ3) is 25.7. The molecule has 2 aliphatic rings. The van der Waals surface area contributed by atoms with Gasteiger partial charge in [-0.2, -0.15) is 5.10 Å². The van der Waals surface area contributed by atoms with Crippen LogP contribution in [0.3, 0.4) is 0 Å². The van der Waals surface area contributed by atoms with E-state index in [1.54, 1.807) is 60.7 Å². The first kappa shape index (κ1) is 70.6. The van der Waals surface area contributed by atoms with Crippen LogP contribution in [0.2, 0.25) is 0 Å². The molecule has 0 aliphatic heterocycles. The lowest BCUT2D eigenvalue weighted by Gasteiger charge is -2.26. The highest BCUT2D eigenvalue weighted by Gasteiger charge is 2.34. The van der Waals surface area contributed by atoms with Crippen molar-refractivity contribution in [3.8, 4) is 34.5 Å². The lowest BCUT2D eigenvalue weighted by molar-refractivity contribution is -0.145. The highest BCUT2D eigenvalue weighted by molar-refractivity contribution is 7.22. The van der Waals surface area contributed by atoms with Gasteiger partial charge in [0.15, 0.2) is 0 Å². The molecular formula is C73H93N3O14S. The molecule has 1 aromatic heterocycles. The van der Waals surface area contributed by atoms with Gasteiger partial charge in [0.2, 0.25) is 5.13 Å². The molecule has 2 aliphatic carbocycles. The number of benzene rings is 4. The molecule has 0 saturated heterocycles. The quantitative estimate of drug-likeness (QED) is 0.00891. The van der Waals surface area contributed by atoms with E-state index >= 15 is 0 Å². The van der Waals surface area contributed by atoms with Crippen LogP contribution in [-0.4, -0.2) is 80.5 Å². The molecule has 18 heteroatoms. The normalized spacial score (nSPS) is 16.3. The second kappa shape index (κ2) is 40.1. The minimum atomic E-state index is -0.449. The van der Waals surface area contributed by atoms with Crippen molar-refractivity contribution in [2.75, 3.05) is 38.5 Å². The Bertz CT molecular complexity index is 3060. The first-order valence-electron chi connectivity index (χ1n) is 33.1. The zero-order valence-electron chi connectivity index (χ0n) is 53.2. The summed E-state index contributed by atoms with van der Waals surface area (Å²) in [5.74, 6) is -1.02. The van der Waals surface area contributed by atoms with Gasteiger partial charge in [0, 0.05) is 24.8 Å². The van der Waals surface area contributed by atoms with E-state index in [9.17, 15) is 28.8 Å². The summed E-state index contributed by atoms with van der Waals surface area (Å²) in [7, 11) is 1.78. The molecular weight excluding hydrogens is 1170 g/mol. The van der Waals surface area contributed by atoms with E-state index in [4.69, 9.17) is 42.9 Å². The number of rotatable bonds is 41. The van der Waals surface area contributed by atoms with E-state index in [2.05, 4.69) is 18.3 Å². The molecule has 0 N–H and O–H groups in total. The van der Waals surface area contributed by atoms with Gasteiger partial charge in [-0.3, -0.25) is 19.2 Å². The molecule has 5 aromatic rings. The third-order valence-electron chi connectivity index (χ3n) is 16.6. The van der Waals surface area contributed by atoms with Crippen molar-refractivity contribution in [1.29, 1.82) is 0 Å². The molecule has 7 rings (SSSR count). The fraction of sp³-hybridized carbons (Fsp3) is 0.507. The van der Waals surface area contributed by atoms with Gasteiger partial charge in [-0.1, -0.05) is 139 Å². The number of fused-ring (bicyclic) bond motifs is 1. The molecule has 2 saturated carbocycles. The van der Waals surface area contributed by atoms with Crippen LogP contribution in [0.15, 0.2) is 121 Å². The van der Waals surface area contributed by atoms with E-state index in [-0.39, 0.29) is 47.2 Å². The number of para-hydroxylation sites is 1. The number of esters is 6. The SMILES string of the molecule is C=CC(=O)OCCCCCCCCCCCCOc1ccc(OC(=O)C2CCC(C(=O)Oc3ccc(OC(=O)C4CCC(C(=O)Oc5ccc(OCCCCCCCCCCCCOC(=O)C=C)cc5)CC4)c(/C=N/N(C)c4nc5ccccc5s4)c3)CC2)cc1. The Balaban J connectivity index is 0.796. The number of hydrazone groups is 1. The average Bonchev–Trinajstić information content (AvgIpc) is 2.55. The standard InChI is InChI=1S/C73H93N3O14S/c1-4-67(77)85-50-26-20-16-12-8-6-10-14-18-24-48-83-59-38-42-61(43-39-59)87-69(79)54-30-32-56(33-31-54)71(81)89-63-46-47-65(58(52-63)53-74-76(3)73-75-64-28-22-23-29-66(64)91-73)90-72(82)57-36-34-55(35-37-57)70(80)88-62-44-40-60(41-45-62)84-49-25-19-15-11-7-9-13-17-21-27-51-86-68(78)5-2/h4-5,22-23,28-29,38-47,52-57H,1-2,6-21,24-27,30-37,48-51H2,3H3/b74-53+. The van der Waals surface area contributed by atoms with Gasteiger partial charge < -0.3 is 37.9 Å². The van der Waals surface area contributed by atoms with Gasteiger partial charge in [0.25, 0.3) is 0 Å². The number of ether oxygens (including phenoxy) is 8. The zero-order chi connectivity index (χ0) is 64.3. The maximum Gasteiger partial charge on any atom is 0.330 e. The van der Waals surface area contributed by atoms with E-state index in [1.165, 1.54) is 87.7 Å². The molecule has 91 heavy (non-hydrogen) atoms. The second-order valence-corrected chi connectivity index (χ2v) is 24.7. The molecule has 17 nitrogen and oxygen atoms in total. The molecule has 490 valence electrons. The van der Waals surface area contributed by atoms with E-state index in [0.29, 0.717) is 100.0 Å². The molecule has 4 aromatic carbocycles. The predicted molar refractivity (Wildman–Crippen MR) is 354 cm³/mol. The number of carbonyl (C=O) groups excluding carboxylic acids is 6. The zero-order valence-corrected chi connectivity index (χ0v) is 54.0. The fourth-order valence-corrected chi connectivity index (χ4v) is 12.1. The van der Waals surface area contributed by atoms with Gasteiger partial charge >= 0.3 is 35.8 Å². The van der Waals surface area contributed by atoms with Crippen LogP contribution in [0, 0.1) is 23.7 Å². The summed E-state index contributed by atoms with van der Waals surface area (Å²) in [6.45, 7) is 8.98. The predicted octanol–water partition coefficient (Wildman–Crippen LogP) is 16.4. The number of hydrogen-bond donors (Lipinski definition) is 0. The lowest BCUT2D eigenvalue weighted by Crippen LogP contribution is -2.30. The van der Waals surface area contributed by atoms with Crippen LogP contribution in [0.25, 0.3) is 10.2 Å². The summed E-state index contributed by atoms with van der Waals surface area (Å²) in [6, 6.07) is 26.8. The minimum absolute atomic E-state index is 0.236. The smallest absolute Gasteiger partial charge is 0.330 e. The largest absolute Gasteiger partial charge is 0.494 e. The van der Waals surface area contributed by atoms with Gasteiger partial charge in [0.1, 0.15) is 34.5 Å². The summed E-state index contributed by atoms with van der Waals surface area (Å²) in [6.07, 6.45) is 30.0. The van der Waals surface area contributed by atoms with Gasteiger partial charge in [0.05, 0.1) is 66.5 Å². The lowest BCUT2D eigenvalue weighted by atomic mass is 9.82. The molecule has 2 fully saturated rings. The van der Waals surface area contributed by atoms with Crippen LogP contribution in [-0.2, 0) is 38.2 Å². The Morgan fingerprint density at radius 2 is 0.813 bits per heavy atom. The molecule has 0 spiro atoms. The van der Waals surface area contributed by atoms with Crippen molar-refractivity contribution in [2.24, 2.45) is 28.8 Å². The monoisotopic (exact) mass is 1270 g/mol. The molecule has 0 radical (unpaired) electrons. The number of aromatic nitrogens is 1. The Morgan fingerprint density at radius 3 is 1.22 bits per heavy atom. The number of hydrogen-bond acceptors (Lipinski definition) is 18.